The molecule has 4 rings (SSSR count). The third kappa shape index (κ3) is 4.37. The fourth-order valence-corrected chi connectivity index (χ4v) is 4.31. The summed E-state index contributed by atoms with van der Waals surface area (Å²) in [6, 6.07) is 19.7. The molecule has 0 unspecified atom stereocenters. The summed E-state index contributed by atoms with van der Waals surface area (Å²) >= 11 is 6.34. The predicted octanol–water partition coefficient (Wildman–Crippen LogP) is 4.46. The number of rotatable bonds is 6. The van der Waals surface area contributed by atoms with Crippen LogP contribution in [0.15, 0.2) is 88.4 Å². The van der Waals surface area contributed by atoms with Crippen molar-refractivity contribution < 1.29 is 27.0 Å². The maximum Gasteiger partial charge on any atom is 0.368 e. The number of hydrogen-bond acceptors (Lipinski definition) is 7. The second-order valence-electron chi connectivity index (χ2n) is 6.63. The molecular formula is C23H16ClNO6S. The lowest BCUT2D eigenvalue weighted by molar-refractivity contribution is -0.136. The summed E-state index contributed by atoms with van der Waals surface area (Å²) in [6.45, 7) is 0. The van der Waals surface area contributed by atoms with Gasteiger partial charge in [0.1, 0.15) is 10.6 Å². The van der Waals surface area contributed by atoms with Crippen molar-refractivity contribution in [3.05, 3.63) is 94.5 Å². The van der Waals surface area contributed by atoms with E-state index in [4.69, 9.17) is 25.4 Å². The van der Waals surface area contributed by atoms with Crippen LogP contribution >= 0.6 is 11.6 Å². The van der Waals surface area contributed by atoms with Gasteiger partial charge in [0.05, 0.1) is 17.7 Å². The molecule has 0 spiro atoms. The molecule has 1 aliphatic rings. The van der Waals surface area contributed by atoms with Crippen molar-refractivity contribution in [3.8, 4) is 11.5 Å². The fourth-order valence-electron chi connectivity index (χ4n) is 3.03. The molecule has 32 heavy (non-hydrogen) atoms. The van der Waals surface area contributed by atoms with Crippen LogP contribution in [0.25, 0.3) is 6.08 Å². The van der Waals surface area contributed by atoms with Gasteiger partial charge in [-0.25, -0.2) is 4.79 Å². The van der Waals surface area contributed by atoms with Crippen molar-refractivity contribution in [1.82, 2.24) is 0 Å². The average molecular weight is 470 g/mol. The first-order valence-corrected chi connectivity index (χ1v) is 11.1. The third-order valence-electron chi connectivity index (χ3n) is 4.53. The summed E-state index contributed by atoms with van der Waals surface area (Å²) in [4.78, 5) is 17.1. The van der Waals surface area contributed by atoms with Crippen LogP contribution < -0.4 is 8.92 Å². The van der Waals surface area contributed by atoms with Crippen molar-refractivity contribution in [2.24, 2.45) is 5.16 Å². The number of ether oxygens (including phenoxy) is 1. The molecule has 0 atom stereocenters. The lowest BCUT2D eigenvalue weighted by Gasteiger charge is -2.13. The molecule has 0 amide bonds. The van der Waals surface area contributed by atoms with Crippen molar-refractivity contribution in [1.29, 1.82) is 0 Å². The minimum atomic E-state index is -4.13. The van der Waals surface area contributed by atoms with Gasteiger partial charge in [-0.2, -0.15) is 8.42 Å². The zero-order chi connectivity index (χ0) is 22.7. The van der Waals surface area contributed by atoms with Crippen molar-refractivity contribution in [2.45, 2.75) is 4.90 Å². The summed E-state index contributed by atoms with van der Waals surface area (Å²) in [5.74, 6) is -0.703. The Labute approximate surface area is 189 Å². The number of nitrogens with zero attached hydrogens (tertiary/aromatic N) is 1. The average Bonchev–Trinajstić information content (AvgIpc) is 3.16. The Morgan fingerprint density at radius 3 is 2.31 bits per heavy atom. The first-order chi connectivity index (χ1) is 15.4. The minimum absolute atomic E-state index is 0.0136. The van der Waals surface area contributed by atoms with Gasteiger partial charge >= 0.3 is 16.1 Å². The second-order valence-corrected chi connectivity index (χ2v) is 8.58. The van der Waals surface area contributed by atoms with E-state index >= 15 is 0 Å². The Bertz CT molecular complexity index is 1340. The molecular weight excluding hydrogens is 454 g/mol. The molecule has 162 valence electrons. The van der Waals surface area contributed by atoms with E-state index in [-0.39, 0.29) is 27.0 Å². The van der Waals surface area contributed by atoms with Gasteiger partial charge in [-0.05, 0) is 35.9 Å². The molecule has 0 radical (unpaired) electrons. The highest BCUT2D eigenvalue weighted by atomic mass is 35.5. The topological polar surface area (TPSA) is 91.3 Å². The maximum absolute atomic E-state index is 12.6. The molecule has 9 heteroatoms. The van der Waals surface area contributed by atoms with Gasteiger partial charge in [-0.1, -0.05) is 65.3 Å². The molecule has 3 aromatic carbocycles. The van der Waals surface area contributed by atoms with Crippen LogP contribution in [0.1, 0.15) is 11.1 Å². The lowest BCUT2D eigenvalue weighted by Crippen LogP contribution is -2.11. The van der Waals surface area contributed by atoms with E-state index in [1.54, 1.807) is 30.3 Å². The molecule has 0 saturated carbocycles. The summed E-state index contributed by atoms with van der Waals surface area (Å²) in [5.41, 5.74) is 1.77. The van der Waals surface area contributed by atoms with Gasteiger partial charge in [0.25, 0.3) is 0 Å². The zero-order valence-corrected chi connectivity index (χ0v) is 18.3. The Morgan fingerprint density at radius 1 is 1.00 bits per heavy atom. The molecule has 0 aromatic heterocycles. The van der Waals surface area contributed by atoms with E-state index in [0.717, 1.165) is 0 Å². The Balaban J connectivity index is 1.71. The highest BCUT2D eigenvalue weighted by molar-refractivity contribution is 7.87. The van der Waals surface area contributed by atoms with Gasteiger partial charge in [0, 0.05) is 5.56 Å². The van der Waals surface area contributed by atoms with Gasteiger partial charge in [-0.15, -0.1) is 0 Å². The molecule has 0 saturated heterocycles. The van der Waals surface area contributed by atoms with Crippen LogP contribution in [0.3, 0.4) is 0 Å². The number of hydrogen-bond donors (Lipinski definition) is 0. The molecule has 0 aliphatic carbocycles. The van der Waals surface area contributed by atoms with Crippen molar-refractivity contribution in [2.75, 3.05) is 7.11 Å². The molecule has 0 bridgehead atoms. The number of carbonyl (C=O) groups excluding carboxylic acids is 1. The maximum atomic E-state index is 12.6. The predicted molar refractivity (Wildman–Crippen MR) is 119 cm³/mol. The van der Waals surface area contributed by atoms with E-state index < -0.39 is 16.1 Å². The zero-order valence-electron chi connectivity index (χ0n) is 16.7. The Morgan fingerprint density at radius 2 is 1.66 bits per heavy atom. The second kappa shape index (κ2) is 8.86. The quantitative estimate of drug-likeness (QED) is 0.301. The smallest absolute Gasteiger partial charge is 0.368 e. The van der Waals surface area contributed by atoms with Crippen molar-refractivity contribution in [3.63, 3.8) is 0 Å². The van der Waals surface area contributed by atoms with Crippen LogP contribution in [0.2, 0.25) is 5.02 Å². The van der Waals surface area contributed by atoms with Crippen LogP contribution in [0.5, 0.6) is 11.5 Å². The summed E-state index contributed by atoms with van der Waals surface area (Å²) < 4.78 is 35.8. The van der Waals surface area contributed by atoms with Gasteiger partial charge in [-0.3, -0.25) is 0 Å². The highest BCUT2D eigenvalue weighted by Crippen LogP contribution is 2.39. The molecule has 7 nitrogen and oxygen atoms in total. The van der Waals surface area contributed by atoms with Crippen LogP contribution in [0.4, 0.5) is 0 Å². The summed E-state index contributed by atoms with van der Waals surface area (Å²) in [6.07, 6.45) is 1.53. The standard InChI is InChI=1S/C23H16ClNO6S/c1-29-20-14-15(12-18-21(25-30-23(18)26)16-8-4-2-5-9-16)13-19(24)22(20)31-32(27,28)17-10-6-3-7-11-17/h2-14H,1H3/b18-12-. The van der Waals surface area contributed by atoms with E-state index in [1.165, 1.54) is 37.5 Å². The van der Waals surface area contributed by atoms with Crippen LogP contribution in [-0.4, -0.2) is 27.2 Å². The van der Waals surface area contributed by atoms with E-state index in [9.17, 15) is 13.2 Å². The van der Waals surface area contributed by atoms with Crippen LogP contribution in [0, 0.1) is 0 Å². The Hall–Kier alpha value is -3.62. The van der Waals surface area contributed by atoms with Gasteiger partial charge in [0.15, 0.2) is 5.75 Å². The molecule has 1 aliphatic heterocycles. The number of methoxy groups -OCH3 is 1. The lowest BCUT2D eigenvalue weighted by atomic mass is 10.0. The number of benzene rings is 3. The van der Waals surface area contributed by atoms with Crippen molar-refractivity contribution >= 4 is 39.5 Å². The molecule has 0 N–H and O–H groups in total. The SMILES string of the molecule is COc1cc(/C=C2\C(=O)ON=C2c2ccccc2)cc(Cl)c1OS(=O)(=O)c1ccccc1. The number of halogens is 1. The summed E-state index contributed by atoms with van der Waals surface area (Å²) in [7, 11) is -2.78. The first-order valence-electron chi connectivity index (χ1n) is 9.33. The minimum Gasteiger partial charge on any atom is -0.493 e. The molecule has 1 heterocycles. The molecule has 3 aromatic rings. The fraction of sp³-hybridized carbons (Fsp3) is 0.0435. The highest BCUT2D eigenvalue weighted by Gasteiger charge is 2.27. The number of carbonyl (C=O) groups is 1. The van der Waals surface area contributed by atoms with E-state index in [1.807, 2.05) is 18.2 Å². The monoisotopic (exact) mass is 469 g/mol. The number of oxime groups is 1. The first kappa shape index (κ1) is 21.6. The van der Waals surface area contributed by atoms with Gasteiger partial charge < -0.3 is 13.8 Å². The van der Waals surface area contributed by atoms with Crippen LogP contribution in [-0.2, 0) is 19.8 Å². The summed E-state index contributed by atoms with van der Waals surface area (Å²) in [5, 5.41) is 3.85. The Kier molecular flexibility index (Phi) is 5.98. The third-order valence-corrected chi connectivity index (χ3v) is 6.05. The largest absolute Gasteiger partial charge is 0.493 e. The van der Waals surface area contributed by atoms with E-state index in [2.05, 4.69) is 5.16 Å². The van der Waals surface area contributed by atoms with Gasteiger partial charge in [0.2, 0.25) is 5.75 Å². The normalized spacial score (nSPS) is 14.8. The van der Waals surface area contributed by atoms with E-state index in [0.29, 0.717) is 16.8 Å². The molecule has 0 fully saturated rings.